The van der Waals surface area contributed by atoms with Gasteiger partial charge in [0.15, 0.2) is 0 Å². The fraction of sp³-hybridized carbons (Fsp3) is 0.182. The topological polar surface area (TPSA) is 48.8 Å². The first-order chi connectivity index (χ1) is 13.4. The minimum Gasteiger partial charge on any atom is -0.356 e. The third-order valence-corrected chi connectivity index (χ3v) is 5.44. The second-order valence-corrected chi connectivity index (χ2v) is 7.31. The number of hydrogen-bond acceptors (Lipinski definition) is 4. The molecule has 1 aliphatic heterocycles. The zero-order chi connectivity index (χ0) is 20.3. The SMILES string of the molecule is CC1=Nc2ccccc2N/C(C)=C(/Cl)C(C)=Nc2ccccc2N/C(C)=C\1Cl. The number of fused-ring (bicyclic) bond motifs is 2. The van der Waals surface area contributed by atoms with E-state index in [2.05, 4.69) is 10.6 Å². The molecule has 4 nitrogen and oxygen atoms in total. The first-order valence-corrected chi connectivity index (χ1v) is 9.68. The van der Waals surface area contributed by atoms with Gasteiger partial charge >= 0.3 is 0 Å². The van der Waals surface area contributed by atoms with Crippen molar-refractivity contribution in [2.24, 2.45) is 9.98 Å². The lowest BCUT2D eigenvalue weighted by Gasteiger charge is -2.15. The van der Waals surface area contributed by atoms with E-state index in [1.54, 1.807) is 0 Å². The fourth-order valence-electron chi connectivity index (χ4n) is 2.87. The third kappa shape index (κ3) is 4.46. The number of para-hydroxylation sites is 4. The Labute approximate surface area is 175 Å². The highest BCUT2D eigenvalue weighted by Crippen LogP contribution is 2.31. The van der Waals surface area contributed by atoms with Gasteiger partial charge in [-0.2, -0.15) is 0 Å². The molecule has 0 aliphatic carbocycles. The molecular formula is C22H22Cl2N4. The van der Waals surface area contributed by atoms with E-state index in [9.17, 15) is 0 Å². The predicted molar refractivity (Wildman–Crippen MR) is 123 cm³/mol. The van der Waals surface area contributed by atoms with Crippen LogP contribution in [0.15, 0.2) is 80.0 Å². The summed E-state index contributed by atoms with van der Waals surface area (Å²) in [6.07, 6.45) is 0. The molecule has 0 radical (unpaired) electrons. The monoisotopic (exact) mass is 412 g/mol. The molecule has 0 aromatic heterocycles. The van der Waals surface area contributed by atoms with Crippen molar-refractivity contribution in [3.63, 3.8) is 0 Å². The summed E-state index contributed by atoms with van der Waals surface area (Å²) >= 11 is 13.2. The van der Waals surface area contributed by atoms with Gasteiger partial charge in [-0.15, -0.1) is 0 Å². The molecule has 28 heavy (non-hydrogen) atoms. The number of anilines is 2. The van der Waals surface area contributed by atoms with E-state index in [-0.39, 0.29) is 0 Å². The number of halogens is 2. The number of rotatable bonds is 0. The highest BCUT2D eigenvalue weighted by Gasteiger charge is 2.12. The normalized spacial score (nSPS) is 20.6. The summed E-state index contributed by atoms with van der Waals surface area (Å²) in [5, 5.41) is 7.83. The Morgan fingerprint density at radius 2 is 0.964 bits per heavy atom. The van der Waals surface area contributed by atoms with Crippen LogP contribution in [0.25, 0.3) is 0 Å². The molecule has 0 fully saturated rings. The molecule has 1 heterocycles. The highest BCUT2D eigenvalue weighted by atomic mass is 35.5. The average Bonchev–Trinajstić information content (AvgIpc) is 2.68. The lowest BCUT2D eigenvalue weighted by atomic mass is 10.2. The van der Waals surface area contributed by atoms with Crippen LogP contribution in [0.3, 0.4) is 0 Å². The van der Waals surface area contributed by atoms with E-state index in [1.807, 2.05) is 76.2 Å². The van der Waals surface area contributed by atoms with Crippen molar-refractivity contribution in [1.82, 2.24) is 0 Å². The maximum atomic E-state index is 6.60. The summed E-state index contributed by atoms with van der Waals surface area (Å²) < 4.78 is 0. The Hall–Kier alpha value is -2.56. The molecule has 0 spiro atoms. The molecule has 0 atom stereocenters. The van der Waals surface area contributed by atoms with Gasteiger partial charge in [-0.3, -0.25) is 0 Å². The molecule has 3 rings (SSSR count). The van der Waals surface area contributed by atoms with Crippen LogP contribution in [0.1, 0.15) is 27.7 Å². The van der Waals surface area contributed by atoms with Gasteiger partial charge in [0, 0.05) is 11.4 Å². The van der Waals surface area contributed by atoms with Gasteiger partial charge in [0.05, 0.1) is 44.2 Å². The standard InChI is InChI=1S/C22H22Cl2N4/c1-13-21(23)14(2)26-19-11-7-8-12-20(19)28-16(4)22(24)15(3)27-18-10-6-5-9-17(18)25-13/h5-12,25,28H,1-4H3/b21-13+,22-16+,26-14?,27-15?. The quantitative estimate of drug-likeness (QED) is 0.474. The van der Waals surface area contributed by atoms with Crippen LogP contribution in [-0.4, -0.2) is 11.4 Å². The Balaban J connectivity index is 2.23. The van der Waals surface area contributed by atoms with Crippen molar-refractivity contribution in [1.29, 1.82) is 0 Å². The molecule has 2 N–H and O–H groups in total. The lowest BCUT2D eigenvalue weighted by molar-refractivity contribution is 1.32. The predicted octanol–water partition coefficient (Wildman–Crippen LogP) is 7.35. The Morgan fingerprint density at radius 3 is 1.36 bits per heavy atom. The van der Waals surface area contributed by atoms with Crippen LogP contribution in [-0.2, 0) is 0 Å². The van der Waals surface area contributed by atoms with Crippen molar-refractivity contribution < 1.29 is 0 Å². The van der Waals surface area contributed by atoms with Gasteiger partial charge < -0.3 is 10.6 Å². The van der Waals surface area contributed by atoms with Gasteiger partial charge in [0.1, 0.15) is 0 Å². The molecule has 1 aliphatic rings. The minimum absolute atomic E-state index is 0.563. The van der Waals surface area contributed by atoms with E-state index in [0.29, 0.717) is 21.5 Å². The van der Waals surface area contributed by atoms with Crippen molar-refractivity contribution in [2.75, 3.05) is 10.6 Å². The Kier molecular flexibility index (Phi) is 6.22. The molecular weight excluding hydrogens is 391 g/mol. The van der Waals surface area contributed by atoms with Crippen molar-refractivity contribution in [3.05, 3.63) is 70.0 Å². The fourth-order valence-corrected chi connectivity index (χ4v) is 3.05. The zero-order valence-electron chi connectivity index (χ0n) is 16.3. The number of nitrogens with one attached hydrogen (secondary N) is 2. The lowest BCUT2D eigenvalue weighted by Crippen LogP contribution is -2.06. The second kappa shape index (κ2) is 8.63. The first-order valence-electron chi connectivity index (χ1n) is 8.93. The average molecular weight is 413 g/mol. The van der Waals surface area contributed by atoms with Gasteiger partial charge in [-0.1, -0.05) is 47.5 Å². The number of nitrogens with zero attached hydrogens (tertiary/aromatic N) is 2. The van der Waals surface area contributed by atoms with Crippen molar-refractivity contribution >= 4 is 57.4 Å². The van der Waals surface area contributed by atoms with Crippen LogP contribution in [0.2, 0.25) is 0 Å². The summed E-state index contributed by atoms with van der Waals surface area (Å²) in [4.78, 5) is 9.44. The molecule has 0 unspecified atom stereocenters. The van der Waals surface area contributed by atoms with Crippen molar-refractivity contribution in [2.45, 2.75) is 27.7 Å². The number of allylic oxidation sites excluding steroid dienone is 4. The summed E-state index contributed by atoms with van der Waals surface area (Å²) in [5.41, 5.74) is 6.26. The molecule has 144 valence electrons. The second-order valence-electron chi connectivity index (χ2n) is 6.56. The third-order valence-electron chi connectivity index (χ3n) is 4.32. The summed E-state index contributed by atoms with van der Waals surface area (Å²) in [7, 11) is 0. The van der Waals surface area contributed by atoms with Gasteiger partial charge in [-0.25, -0.2) is 9.98 Å². The summed E-state index contributed by atoms with van der Waals surface area (Å²) in [5.74, 6) is 0. The molecule has 6 heteroatoms. The molecule has 0 saturated carbocycles. The molecule has 0 amide bonds. The van der Waals surface area contributed by atoms with Crippen LogP contribution in [0.5, 0.6) is 0 Å². The van der Waals surface area contributed by atoms with Gasteiger partial charge in [0.2, 0.25) is 0 Å². The van der Waals surface area contributed by atoms with Gasteiger partial charge in [0.25, 0.3) is 0 Å². The molecule has 2 aromatic rings. The number of benzene rings is 2. The van der Waals surface area contributed by atoms with E-state index in [1.165, 1.54) is 0 Å². The van der Waals surface area contributed by atoms with Crippen LogP contribution in [0.4, 0.5) is 22.7 Å². The largest absolute Gasteiger partial charge is 0.356 e. The van der Waals surface area contributed by atoms with Crippen LogP contribution >= 0.6 is 23.2 Å². The van der Waals surface area contributed by atoms with E-state index in [4.69, 9.17) is 33.2 Å². The highest BCUT2D eigenvalue weighted by molar-refractivity contribution is 6.44. The number of aliphatic imine (C=N–C) groups is 2. The Morgan fingerprint density at radius 1 is 0.607 bits per heavy atom. The van der Waals surface area contributed by atoms with Crippen molar-refractivity contribution in [3.8, 4) is 0 Å². The smallest absolute Gasteiger partial charge is 0.0868 e. The molecule has 0 saturated heterocycles. The molecule has 2 aromatic carbocycles. The maximum Gasteiger partial charge on any atom is 0.0868 e. The van der Waals surface area contributed by atoms with Crippen LogP contribution < -0.4 is 10.6 Å². The van der Waals surface area contributed by atoms with E-state index >= 15 is 0 Å². The first kappa shape index (κ1) is 20.2. The summed E-state index contributed by atoms with van der Waals surface area (Å²) in [6.45, 7) is 7.61. The van der Waals surface area contributed by atoms with Gasteiger partial charge in [-0.05, 0) is 52.0 Å². The minimum atomic E-state index is 0.563. The Bertz CT molecular complexity index is 949. The van der Waals surface area contributed by atoms with E-state index in [0.717, 1.165) is 34.1 Å². The maximum absolute atomic E-state index is 6.60. The molecule has 0 bridgehead atoms. The number of hydrogen-bond donors (Lipinski definition) is 2. The van der Waals surface area contributed by atoms with E-state index < -0.39 is 0 Å². The van der Waals surface area contributed by atoms with Crippen LogP contribution in [0, 0.1) is 0 Å². The zero-order valence-corrected chi connectivity index (χ0v) is 17.8. The summed E-state index contributed by atoms with van der Waals surface area (Å²) in [6, 6.07) is 15.5.